The minimum Gasteiger partial charge on any atom is -0.486 e. The smallest absolute Gasteiger partial charge is 0.315 e. The molecule has 0 radical (unpaired) electrons. The number of benzene rings is 1. The van der Waals surface area contributed by atoms with E-state index in [-0.39, 0.29) is 6.61 Å². The summed E-state index contributed by atoms with van der Waals surface area (Å²) in [6.07, 6.45) is 0. The molecule has 0 aliphatic rings. The molecule has 1 aromatic carbocycles. The van der Waals surface area contributed by atoms with Gasteiger partial charge in [-0.1, -0.05) is 0 Å². The molecule has 0 amide bonds. The number of hydrogen-bond acceptors (Lipinski definition) is 5. The van der Waals surface area contributed by atoms with Crippen LogP contribution in [0.15, 0.2) is 17.0 Å². The summed E-state index contributed by atoms with van der Waals surface area (Å²) in [4.78, 5) is 8.95. The minimum atomic E-state index is -4.33. The molecule has 94 valence electrons. The van der Waals surface area contributed by atoms with Crippen molar-refractivity contribution in [3.63, 3.8) is 0 Å². The predicted molar refractivity (Wildman–Crippen MR) is 57.3 cm³/mol. The fourth-order valence-electron chi connectivity index (χ4n) is 1.16. The van der Waals surface area contributed by atoms with Gasteiger partial charge in [0.2, 0.25) is 5.75 Å². The summed E-state index contributed by atoms with van der Waals surface area (Å²) in [6, 6.07) is 1.14. The monoisotopic (exact) mass is 283 g/mol. The summed E-state index contributed by atoms with van der Waals surface area (Å²) in [6.45, 7) is 1.48. The summed E-state index contributed by atoms with van der Waals surface area (Å²) in [5.41, 5.74) is -0.786. The van der Waals surface area contributed by atoms with E-state index in [0.717, 1.165) is 0 Å². The van der Waals surface area contributed by atoms with Crippen molar-refractivity contribution in [3.05, 3.63) is 28.1 Å². The summed E-state index contributed by atoms with van der Waals surface area (Å²) < 4.78 is 40.2. The fourth-order valence-corrected chi connectivity index (χ4v) is 2.14. The molecule has 17 heavy (non-hydrogen) atoms. The van der Waals surface area contributed by atoms with E-state index in [4.69, 9.17) is 15.4 Å². The van der Waals surface area contributed by atoms with Gasteiger partial charge in [0.15, 0.2) is 0 Å². The lowest BCUT2D eigenvalue weighted by atomic mass is 10.3. The number of ether oxygens (including phenoxy) is 1. The van der Waals surface area contributed by atoms with Crippen molar-refractivity contribution in [2.24, 2.45) is 0 Å². The maximum atomic E-state index is 13.1. The van der Waals surface area contributed by atoms with Gasteiger partial charge in [-0.3, -0.25) is 10.1 Å². The molecule has 0 bridgehead atoms. The first-order valence-corrected chi connectivity index (χ1v) is 6.63. The third-order valence-corrected chi connectivity index (χ3v) is 3.08. The van der Waals surface area contributed by atoms with Crippen molar-refractivity contribution < 1.29 is 22.5 Å². The summed E-state index contributed by atoms with van der Waals surface area (Å²) in [7, 11) is 0.720. The highest BCUT2D eigenvalue weighted by Crippen LogP contribution is 2.36. The molecule has 0 aliphatic heterocycles. The van der Waals surface area contributed by atoms with Gasteiger partial charge >= 0.3 is 5.69 Å². The second-order valence-corrected chi connectivity index (χ2v) is 5.41. The zero-order chi connectivity index (χ0) is 13.2. The molecule has 0 aromatic heterocycles. The van der Waals surface area contributed by atoms with Crippen molar-refractivity contribution in [2.75, 3.05) is 6.61 Å². The van der Waals surface area contributed by atoms with Crippen LogP contribution >= 0.6 is 10.7 Å². The van der Waals surface area contributed by atoms with E-state index in [1.165, 1.54) is 6.92 Å². The number of nitrogens with zero attached hydrogens (tertiary/aromatic N) is 1. The average Bonchev–Trinajstić information content (AvgIpc) is 2.18. The second-order valence-electron chi connectivity index (χ2n) is 2.88. The van der Waals surface area contributed by atoms with Gasteiger partial charge in [0, 0.05) is 10.7 Å². The van der Waals surface area contributed by atoms with Gasteiger partial charge in [-0.15, -0.1) is 0 Å². The van der Waals surface area contributed by atoms with Crippen molar-refractivity contribution >= 4 is 25.4 Å². The van der Waals surface area contributed by atoms with Crippen LogP contribution in [0, 0.1) is 15.9 Å². The van der Waals surface area contributed by atoms with E-state index in [0.29, 0.717) is 12.1 Å². The van der Waals surface area contributed by atoms with Gasteiger partial charge in [0.25, 0.3) is 9.05 Å². The SMILES string of the molecule is CCOc1c([N+](=O)[O-])cc(F)cc1S(=O)(=O)Cl. The zero-order valence-electron chi connectivity index (χ0n) is 8.51. The van der Waals surface area contributed by atoms with E-state index in [1.807, 2.05) is 0 Å². The zero-order valence-corrected chi connectivity index (χ0v) is 10.1. The predicted octanol–water partition coefficient (Wildman–Crippen LogP) is 2.06. The lowest BCUT2D eigenvalue weighted by molar-refractivity contribution is -0.386. The van der Waals surface area contributed by atoms with Gasteiger partial charge in [0.05, 0.1) is 17.6 Å². The quantitative estimate of drug-likeness (QED) is 0.479. The minimum absolute atomic E-state index is 0.0219. The number of hydrogen-bond donors (Lipinski definition) is 0. The van der Waals surface area contributed by atoms with Crippen molar-refractivity contribution in [2.45, 2.75) is 11.8 Å². The van der Waals surface area contributed by atoms with Crippen molar-refractivity contribution in [3.8, 4) is 5.75 Å². The third kappa shape index (κ3) is 3.04. The normalized spacial score (nSPS) is 11.2. The number of halogens is 2. The Bertz CT molecular complexity index is 559. The molecular weight excluding hydrogens is 277 g/mol. The lowest BCUT2D eigenvalue weighted by Crippen LogP contribution is -2.04. The van der Waals surface area contributed by atoms with E-state index in [2.05, 4.69) is 0 Å². The van der Waals surface area contributed by atoms with E-state index in [1.54, 1.807) is 0 Å². The lowest BCUT2D eigenvalue weighted by Gasteiger charge is -2.08. The summed E-state index contributed by atoms with van der Waals surface area (Å²) >= 11 is 0. The van der Waals surface area contributed by atoms with Crippen LogP contribution in [0.25, 0.3) is 0 Å². The molecule has 0 saturated carbocycles. The Morgan fingerprint density at radius 2 is 2.12 bits per heavy atom. The molecule has 0 unspecified atom stereocenters. The maximum Gasteiger partial charge on any atom is 0.315 e. The maximum absolute atomic E-state index is 13.1. The van der Waals surface area contributed by atoms with Gasteiger partial charge in [-0.05, 0) is 13.0 Å². The fraction of sp³-hybridized carbons (Fsp3) is 0.250. The summed E-state index contributed by atoms with van der Waals surface area (Å²) in [5.74, 6) is -1.65. The molecule has 6 nitrogen and oxygen atoms in total. The van der Waals surface area contributed by atoms with Crippen LogP contribution in [0.3, 0.4) is 0 Å². The van der Waals surface area contributed by atoms with Crippen molar-refractivity contribution in [1.29, 1.82) is 0 Å². The van der Waals surface area contributed by atoms with Crippen LogP contribution in [0.5, 0.6) is 5.75 Å². The molecule has 1 aromatic rings. The first kappa shape index (κ1) is 13.7. The number of nitro groups is 1. The topological polar surface area (TPSA) is 86.5 Å². The van der Waals surface area contributed by atoms with E-state index < -0.39 is 36.1 Å². The molecular formula is C8H7ClFNO5S. The highest BCUT2D eigenvalue weighted by atomic mass is 35.7. The largest absolute Gasteiger partial charge is 0.486 e. The summed E-state index contributed by atoms with van der Waals surface area (Å²) in [5, 5.41) is 10.6. The Morgan fingerprint density at radius 3 is 2.53 bits per heavy atom. The Morgan fingerprint density at radius 1 is 1.53 bits per heavy atom. The molecule has 0 fully saturated rings. The number of rotatable bonds is 4. The Labute approximate surface area is 101 Å². The Hall–Kier alpha value is -1.41. The Balaban J connectivity index is 3.63. The molecule has 1 rings (SSSR count). The molecule has 0 heterocycles. The van der Waals surface area contributed by atoms with Gasteiger partial charge in [0.1, 0.15) is 10.7 Å². The van der Waals surface area contributed by atoms with E-state index in [9.17, 15) is 22.9 Å². The first-order chi connectivity index (χ1) is 7.77. The molecule has 9 heteroatoms. The number of nitro benzene ring substituents is 1. The molecule has 0 spiro atoms. The standard InChI is InChI=1S/C8H7ClFNO5S/c1-2-16-8-6(11(12)13)3-5(10)4-7(8)17(9,14)15/h3-4H,2H2,1H3. The van der Waals surface area contributed by atoms with Crippen molar-refractivity contribution in [1.82, 2.24) is 0 Å². The van der Waals surface area contributed by atoms with Crippen LogP contribution in [-0.2, 0) is 9.05 Å². The van der Waals surface area contributed by atoms with Crippen LogP contribution in [0.4, 0.5) is 10.1 Å². The highest BCUT2D eigenvalue weighted by Gasteiger charge is 2.27. The van der Waals surface area contributed by atoms with Gasteiger partial charge in [-0.2, -0.15) is 0 Å². The molecule has 0 saturated heterocycles. The average molecular weight is 284 g/mol. The molecule has 0 N–H and O–H groups in total. The van der Waals surface area contributed by atoms with Crippen LogP contribution in [-0.4, -0.2) is 19.9 Å². The third-order valence-electron chi connectivity index (χ3n) is 1.75. The van der Waals surface area contributed by atoms with Crippen LogP contribution in [0.2, 0.25) is 0 Å². The Kier molecular flexibility index (Phi) is 3.89. The van der Waals surface area contributed by atoms with Crippen LogP contribution in [0.1, 0.15) is 6.92 Å². The van der Waals surface area contributed by atoms with Gasteiger partial charge < -0.3 is 4.74 Å². The highest BCUT2D eigenvalue weighted by molar-refractivity contribution is 8.13. The van der Waals surface area contributed by atoms with Crippen LogP contribution < -0.4 is 4.74 Å². The van der Waals surface area contributed by atoms with E-state index >= 15 is 0 Å². The molecule has 0 aliphatic carbocycles. The van der Waals surface area contributed by atoms with Gasteiger partial charge in [-0.25, -0.2) is 12.8 Å². The first-order valence-electron chi connectivity index (χ1n) is 4.32. The second kappa shape index (κ2) is 4.84. The molecule has 0 atom stereocenters.